The van der Waals surface area contributed by atoms with Crippen LogP contribution in [-0.2, 0) is 18.8 Å². The molecule has 1 aromatic carbocycles. The van der Waals surface area contributed by atoms with Crippen LogP contribution < -0.4 is 5.46 Å². The summed E-state index contributed by atoms with van der Waals surface area (Å²) in [7, 11) is -0.462. The molecule has 84 valence electrons. The van der Waals surface area contributed by atoms with Gasteiger partial charge in [0.2, 0.25) is 0 Å². The van der Waals surface area contributed by atoms with Gasteiger partial charge < -0.3 is 14.0 Å². The summed E-state index contributed by atoms with van der Waals surface area (Å²) in [5.74, 6) is -0.360. The van der Waals surface area contributed by atoms with Crippen molar-refractivity contribution in [1.29, 1.82) is 0 Å². The van der Waals surface area contributed by atoms with Gasteiger partial charge in [-0.25, -0.2) is 4.79 Å². The van der Waals surface area contributed by atoms with E-state index in [0.29, 0.717) is 6.61 Å². The van der Waals surface area contributed by atoms with Crippen molar-refractivity contribution in [3.63, 3.8) is 0 Å². The zero-order valence-electron chi connectivity index (χ0n) is 9.09. The van der Waals surface area contributed by atoms with Gasteiger partial charge in [0.15, 0.2) is 6.10 Å². The SMILES string of the molecule is CCOC(=O)C1COB(c2ccccc2)O1. The molecule has 1 fully saturated rings. The Morgan fingerprint density at radius 2 is 2.25 bits per heavy atom. The van der Waals surface area contributed by atoms with Crippen molar-refractivity contribution >= 4 is 18.6 Å². The first-order valence-electron chi connectivity index (χ1n) is 5.30. The number of rotatable bonds is 3. The van der Waals surface area contributed by atoms with Crippen LogP contribution in [0.2, 0.25) is 0 Å². The van der Waals surface area contributed by atoms with Gasteiger partial charge in [-0.05, 0) is 12.4 Å². The van der Waals surface area contributed by atoms with Crippen LogP contribution in [0.4, 0.5) is 0 Å². The number of esters is 1. The lowest BCUT2D eigenvalue weighted by atomic mass is 9.79. The molecule has 1 unspecified atom stereocenters. The van der Waals surface area contributed by atoms with E-state index >= 15 is 0 Å². The fourth-order valence-electron chi connectivity index (χ4n) is 1.55. The first-order chi connectivity index (χ1) is 7.81. The minimum absolute atomic E-state index is 0.248. The van der Waals surface area contributed by atoms with Gasteiger partial charge in [0.25, 0.3) is 0 Å². The normalized spacial score (nSPS) is 19.8. The molecule has 16 heavy (non-hydrogen) atoms. The molecule has 1 saturated heterocycles. The van der Waals surface area contributed by atoms with E-state index in [2.05, 4.69) is 0 Å². The second-order valence-corrected chi connectivity index (χ2v) is 3.45. The monoisotopic (exact) mass is 220 g/mol. The van der Waals surface area contributed by atoms with Crippen LogP contribution in [-0.4, -0.2) is 32.4 Å². The molecule has 1 aliphatic heterocycles. The maximum atomic E-state index is 11.4. The van der Waals surface area contributed by atoms with Crippen molar-refractivity contribution < 1.29 is 18.8 Å². The summed E-state index contributed by atoms with van der Waals surface area (Å²) in [4.78, 5) is 11.4. The number of benzene rings is 1. The first kappa shape index (κ1) is 11.2. The van der Waals surface area contributed by atoms with Gasteiger partial charge in [-0.2, -0.15) is 0 Å². The quantitative estimate of drug-likeness (QED) is 0.545. The molecule has 0 aromatic heterocycles. The van der Waals surface area contributed by atoms with Crippen molar-refractivity contribution in [1.82, 2.24) is 0 Å². The Kier molecular flexibility index (Phi) is 3.59. The summed E-state index contributed by atoms with van der Waals surface area (Å²) < 4.78 is 15.7. The summed E-state index contributed by atoms with van der Waals surface area (Å²) in [6.45, 7) is 2.37. The highest BCUT2D eigenvalue weighted by molar-refractivity contribution is 6.62. The van der Waals surface area contributed by atoms with Crippen LogP contribution >= 0.6 is 0 Å². The number of carbonyl (C=O) groups is 1. The largest absolute Gasteiger partial charge is 0.494 e. The maximum Gasteiger partial charge on any atom is 0.494 e. The van der Waals surface area contributed by atoms with Gasteiger partial charge in [0, 0.05) is 0 Å². The average Bonchev–Trinajstić information content (AvgIpc) is 2.80. The fourth-order valence-corrected chi connectivity index (χ4v) is 1.55. The van der Waals surface area contributed by atoms with Gasteiger partial charge in [-0.1, -0.05) is 30.3 Å². The highest BCUT2D eigenvalue weighted by Gasteiger charge is 2.37. The minimum atomic E-state index is -0.606. The standard InChI is InChI=1S/C11H13BO4/c1-2-14-11(13)10-8-15-12(16-10)9-6-4-3-5-7-9/h3-7,10H,2,8H2,1H3. The van der Waals surface area contributed by atoms with E-state index in [0.717, 1.165) is 5.46 Å². The second-order valence-electron chi connectivity index (χ2n) is 3.45. The first-order valence-corrected chi connectivity index (χ1v) is 5.30. The van der Waals surface area contributed by atoms with Crippen molar-refractivity contribution in [3.8, 4) is 0 Å². The molecule has 0 spiro atoms. The van der Waals surface area contributed by atoms with Gasteiger partial charge >= 0.3 is 13.1 Å². The van der Waals surface area contributed by atoms with Crippen molar-refractivity contribution in [2.75, 3.05) is 13.2 Å². The second kappa shape index (κ2) is 5.14. The van der Waals surface area contributed by atoms with Crippen LogP contribution in [0.1, 0.15) is 6.92 Å². The molecule has 0 aliphatic carbocycles. The van der Waals surface area contributed by atoms with E-state index in [-0.39, 0.29) is 12.6 Å². The maximum absolute atomic E-state index is 11.4. The van der Waals surface area contributed by atoms with Crippen molar-refractivity contribution in [3.05, 3.63) is 30.3 Å². The van der Waals surface area contributed by atoms with Crippen molar-refractivity contribution in [2.24, 2.45) is 0 Å². The molecule has 0 saturated carbocycles. The molecule has 1 aromatic rings. The zero-order valence-corrected chi connectivity index (χ0v) is 9.09. The van der Waals surface area contributed by atoms with Crippen LogP contribution in [0.5, 0.6) is 0 Å². The Morgan fingerprint density at radius 3 is 2.94 bits per heavy atom. The van der Waals surface area contributed by atoms with E-state index in [1.807, 2.05) is 30.3 Å². The highest BCUT2D eigenvalue weighted by atomic mass is 16.7. The average molecular weight is 220 g/mol. The van der Waals surface area contributed by atoms with Crippen molar-refractivity contribution in [2.45, 2.75) is 13.0 Å². The third-order valence-corrected chi connectivity index (χ3v) is 2.31. The van der Waals surface area contributed by atoms with E-state index in [4.69, 9.17) is 14.0 Å². The van der Waals surface area contributed by atoms with Crippen LogP contribution in [0, 0.1) is 0 Å². The summed E-state index contributed by atoms with van der Waals surface area (Å²) in [5.41, 5.74) is 0.911. The van der Waals surface area contributed by atoms with Gasteiger partial charge in [-0.3, -0.25) is 0 Å². The number of hydrogen-bond donors (Lipinski definition) is 0. The molecule has 4 nitrogen and oxygen atoms in total. The fraction of sp³-hybridized carbons (Fsp3) is 0.364. The Balaban J connectivity index is 1.96. The highest BCUT2D eigenvalue weighted by Crippen LogP contribution is 2.10. The molecular formula is C11H13BO4. The minimum Gasteiger partial charge on any atom is -0.464 e. The lowest BCUT2D eigenvalue weighted by Crippen LogP contribution is -2.34. The van der Waals surface area contributed by atoms with Gasteiger partial charge in [0.1, 0.15) is 0 Å². The predicted octanol–water partition coefficient (Wildman–Crippen LogP) is 0.360. The third kappa shape index (κ3) is 2.43. The van der Waals surface area contributed by atoms with Crippen LogP contribution in [0.3, 0.4) is 0 Å². The Bertz CT molecular complexity index is 354. The summed E-state index contributed by atoms with van der Waals surface area (Å²) in [6, 6.07) is 9.52. The molecule has 1 heterocycles. The Hall–Kier alpha value is -1.33. The Labute approximate surface area is 94.6 Å². The molecule has 2 rings (SSSR count). The number of hydrogen-bond acceptors (Lipinski definition) is 4. The van der Waals surface area contributed by atoms with E-state index in [1.54, 1.807) is 6.92 Å². The Morgan fingerprint density at radius 1 is 1.50 bits per heavy atom. The smallest absolute Gasteiger partial charge is 0.464 e. The molecule has 1 atom stereocenters. The number of carbonyl (C=O) groups excluding carboxylic acids is 1. The van der Waals surface area contributed by atoms with Crippen LogP contribution in [0.15, 0.2) is 30.3 Å². The topological polar surface area (TPSA) is 44.8 Å². The summed E-state index contributed by atoms with van der Waals surface area (Å²) in [5, 5.41) is 0. The molecule has 0 N–H and O–H groups in total. The van der Waals surface area contributed by atoms with E-state index in [1.165, 1.54) is 0 Å². The summed E-state index contributed by atoms with van der Waals surface area (Å²) in [6.07, 6.45) is -0.606. The molecule has 1 aliphatic rings. The molecule has 0 radical (unpaired) electrons. The number of ether oxygens (including phenoxy) is 1. The lowest BCUT2D eigenvalue weighted by molar-refractivity contribution is -0.150. The van der Waals surface area contributed by atoms with Gasteiger partial charge in [-0.15, -0.1) is 0 Å². The van der Waals surface area contributed by atoms with E-state index < -0.39 is 13.2 Å². The zero-order chi connectivity index (χ0) is 11.4. The molecular weight excluding hydrogens is 207 g/mol. The van der Waals surface area contributed by atoms with Crippen LogP contribution in [0.25, 0.3) is 0 Å². The predicted molar refractivity (Wildman–Crippen MR) is 59.3 cm³/mol. The van der Waals surface area contributed by atoms with Gasteiger partial charge in [0.05, 0.1) is 13.2 Å². The molecule has 0 amide bonds. The third-order valence-electron chi connectivity index (χ3n) is 2.31. The summed E-state index contributed by atoms with van der Waals surface area (Å²) >= 11 is 0. The van der Waals surface area contributed by atoms with E-state index in [9.17, 15) is 4.79 Å². The molecule has 5 heteroatoms. The lowest BCUT2D eigenvalue weighted by Gasteiger charge is -2.08. The molecule has 0 bridgehead atoms.